The number of pyridine rings is 1. The van der Waals surface area contributed by atoms with Crippen molar-refractivity contribution >= 4 is 11.8 Å². The summed E-state index contributed by atoms with van der Waals surface area (Å²) < 4.78 is 0. The van der Waals surface area contributed by atoms with Gasteiger partial charge < -0.3 is 16.0 Å². The molecule has 3 fully saturated rings. The Kier molecular flexibility index (Phi) is 9.77. The van der Waals surface area contributed by atoms with Crippen LogP contribution in [0.15, 0.2) is 24.5 Å². The van der Waals surface area contributed by atoms with Gasteiger partial charge in [0.05, 0.1) is 5.56 Å². The molecule has 0 aromatic carbocycles. The molecular weight excluding hydrogens is 450 g/mol. The van der Waals surface area contributed by atoms with Crippen LogP contribution in [0.4, 0.5) is 0 Å². The maximum absolute atomic E-state index is 13.7. The Hall–Kier alpha value is -1.99. The van der Waals surface area contributed by atoms with Crippen molar-refractivity contribution in [1.29, 1.82) is 0 Å². The molecule has 2 aliphatic carbocycles. The Morgan fingerprint density at radius 2 is 1.86 bits per heavy atom. The van der Waals surface area contributed by atoms with Crippen LogP contribution in [-0.4, -0.2) is 70.4 Å². The Labute approximate surface area is 217 Å². The van der Waals surface area contributed by atoms with Crippen LogP contribution in [0.5, 0.6) is 0 Å². The molecule has 2 atom stereocenters. The minimum Gasteiger partial charge on any atom is -0.352 e. The van der Waals surface area contributed by atoms with Crippen LogP contribution in [0.25, 0.3) is 0 Å². The minimum atomic E-state index is -0.451. The van der Waals surface area contributed by atoms with E-state index in [9.17, 15) is 9.59 Å². The van der Waals surface area contributed by atoms with E-state index in [1.165, 1.54) is 32.1 Å². The number of hydrogen-bond donors (Lipinski definition) is 2. The quantitative estimate of drug-likeness (QED) is 0.567. The number of carbonyl (C=O) groups is 2. The normalized spacial score (nSPS) is 27.9. The summed E-state index contributed by atoms with van der Waals surface area (Å²) in [6.07, 6.45) is 15.3. The van der Waals surface area contributed by atoms with E-state index in [1.807, 2.05) is 4.90 Å². The van der Waals surface area contributed by atoms with Crippen LogP contribution in [0.3, 0.4) is 0 Å². The summed E-state index contributed by atoms with van der Waals surface area (Å²) in [6.45, 7) is 7.34. The fourth-order valence-electron chi connectivity index (χ4n) is 6.53. The average Bonchev–Trinajstić information content (AvgIpc) is 2.89. The zero-order chi connectivity index (χ0) is 25.5. The number of piperidine rings is 1. The van der Waals surface area contributed by atoms with Gasteiger partial charge in [0.2, 0.25) is 5.91 Å². The highest BCUT2D eigenvalue weighted by Gasteiger charge is 2.40. The zero-order valence-corrected chi connectivity index (χ0v) is 22.4. The zero-order valence-electron chi connectivity index (χ0n) is 22.4. The number of nitrogens with zero attached hydrogens (tertiary/aromatic N) is 3. The molecule has 0 radical (unpaired) electrons. The number of aromatic nitrogens is 1. The highest BCUT2D eigenvalue weighted by molar-refractivity contribution is 5.97. The van der Waals surface area contributed by atoms with Gasteiger partial charge in [0.1, 0.15) is 6.04 Å². The van der Waals surface area contributed by atoms with Gasteiger partial charge in [-0.15, -0.1) is 0 Å². The van der Waals surface area contributed by atoms with E-state index in [4.69, 9.17) is 5.73 Å². The summed E-state index contributed by atoms with van der Waals surface area (Å²) in [4.78, 5) is 35.8. The Morgan fingerprint density at radius 1 is 1.11 bits per heavy atom. The van der Waals surface area contributed by atoms with Crippen molar-refractivity contribution in [2.24, 2.45) is 17.6 Å². The second kappa shape index (κ2) is 13.0. The molecule has 3 N–H and O–H groups in total. The van der Waals surface area contributed by atoms with Gasteiger partial charge in [-0.05, 0) is 75.3 Å². The topological polar surface area (TPSA) is 91.6 Å². The number of rotatable bonds is 8. The van der Waals surface area contributed by atoms with E-state index < -0.39 is 6.04 Å². The van der Waals surface area contributed by atoms with Crippen LogP contribution >= 0.6 is 0 Å². The smallest absolute Gasteiger partial charge is 0.256 e. The van der Waals surface area contributed by atoms with Crippen LogP contribution in [-0.2, 0) is 4.79 Å². The molecule has 2 amide bonds. The molecule has 1 unspecified atom stereocenters. The summed E-state index contributed by atoms with van der Waals surface area (Å²) >= 11 is 0. The predicted octanol–water partition coefficient (Wildman–Crippen LogP) is 3.98. The first kappa shape index (κ1) is 27.1. The second-order valence-corrected chi connectivity index (χ2v) is 11.9. The number of likely N-dealkylation sites (tertiary alicyclic amines) is 1. The monoisotopic (exact) mass is 497 g/mol. The lowest BCUT2D eigenvalue weighted by Gasteiger charge is -2.45. The Morgan fingerprint density at radius 3 is 2.53 bits per heavy atom. The summed E-state index contributed by atoms with van der Waals surface area (Å²) in [5.41, 5.74) is 6.64. The van der Waals surface area contributed by atoms with Gasteiger partial charge in [-0.1, -0.05) is 33.1 Å². The molecule has 3 aliphatic rings. The third-order valence-electron chi connectivity index (χ3n) is 8.50. The van der Waals surface area contributed by atoms with E-state index in [2.05, 4.69) is 29.0 Å². The van der Waals surface area contributed by atoms with Crippen molar-refractivity contribution in [3.8, 4) is 0 Å². The predicted molar refractivity (Wildman–Crippen MR) is 143 cm³/mol. The van der Waals surface area contributed by atoms with Gasteiger partial charge in [-0.25, -0.2) is 0 Å². The van der Waals surface area contributed by atoms with E-state index >= 15 is 0 Å². The Balaban J connectivity index is 1.50. The molecule has 0 spiro atoms. The maximum atomic E-state index is 13.7. The van der Waals surface area contributed by atoms with Crippen molar-refractivity contribution in [3.63, 3.8) is 0 Å². The van der Waals surface area contributed by atoms with Gasteiger partial charge >= 0.3 is 0 Å². The molecule has 7 heteroatoms. The standard InChI is InChI=1S/C29H47N5O2/c1-21(2)19-33(20-22-7-4-3-5-8-22)26-14-16-34(29(36)23-9-6-15-31-18-23)27(17-26)28(35)32-25-12-10-24(30)11-13-25/h6,9,15,18,21-22,24-27H,3-5,7-8,10-14,16-17,19-20,30H2,1-2H3,(H,32,35)/t24?,25?,26?,27-/m1/s1. The first-order chi connectivity index (χ1) is 17.4. The van der Waals surface area contributed by atoms with Crippen LogP contribution in [0, 0.1) is 11.8 Å². The summed E-state index contributed by atoms with van der Waals surface area (Å²) in [5.74, 6) is 1.24. The van der Waals surface area contributed by atoms with Gasteiger partial charge in [0.15, 0.2) is 0 Å². The van der Waals surface area contributed by atoms with Crippen molar-refractivity contribution in [2.75, 3.05) is 19.6 Å². The average molecular weight is 498 g/mol. The molecule has 2 saturated carbocycles. The molecule has 1 saturated heterocycles. The lowest BCUT2D eigenvalue weighted by atomic mass is 9.87. The van der Waals surface area contributed by atoms with E-state index in [-0.39, 0.29) is 23.9 Å². The molecule has 2 heterocycles. The van der Waals surface area contributed by atoms with Crippen molar-refractivity contribution in [2.45, 2.75) is 109 Å². The number of nitrogens with two attached hydrogens (primary N) is 1. The molecule has 7 nitrogen and oxygen atoms in total. The lowest BCUT2D eigenvalue weighted by Crippen LogP contribution is -2.59. The molecule has 0 bridgehead atoms. The van der Waals surface area contributed by atoms with E-state index in [1.54, 1.807) is 24.5 Å². The van der Waals surface area contributed by atoms with Gasteiger partial charge in [0.25, 0.3) is 5.91 Å². The van der Waals surface area contributed by atoms with Crippen molar-refractivity contribution in [3.05, 3.63) is 30.1 Å². The van der Waals surface area contributed by atoms with Crippen molar-refractivity contribution < 1.29 is 9.59 Å². The molecule has 36 heavy (non-hydrogen) atoms. The Bertz CT molecular complexity index is 833. The first-order valence-corrected chi connectivity index (χ1v) is 14.4. The highest BCUT2D eigenvalue weighted by Crippen LogP contribution is 2.30. The summed E-state index contributed by atoms with van der Waals surface area (Å²) in [7, 11) is 0. The van der Waals surface area contributed by atoms with Crippen LogP contribution in [0.1, 0.15) is 94.8 Å². The SMILES string of the molecule is CC(C)CN(CC1CCCCC1)C1CCN(C(=O)c2cccnc2)[C@@H](C(=O)NC2CCC(N)CC2)C1. The van der Waals surface area contributed by atoms with Crippen LogP contribution in [0.2, 0.25) is 0 Å². The van der Waals surface area contributed by atoms with E-state index in [0.29, 0.717) is 30.5 Å². The van der Waals surface area contributed by atoms with Gasteiger partial charge in [-0.3, -0.25) is 19.5 Å². The molecule has 4 rings (SSSR count). The van der Waals surface area contributed by atoms with E-state index in [0.717, 1.165) is 51.1 Å². The van der Waals surface area contributed by atoms with Crippen molar-refractivity contribution in [1.82, 2.24) is 20.1 Å². The first-order valence-electron chi connectivity index (χ1n) is 14.4. The number of nitrogens with one attached hydrogen (secondary N) is 1. The van der Waals surface area contributed by atoms with Crippen LogP contribution < -0.4 is 11.1 Å². The third kappa shape index (κ3) is 7.28. The number of amides is 2. The lowest BCUT2D eigenvalue weighted by molar-refractivity contribution is -0.128. The minimum absolute atomic E-state index is 0.000393. The largest absolute Gasteiger partial charge is 0.352 e. The summed E-state index contributed by atoms with van der Waals surface area (Å²) in [6, 6.07) is 3.85. The number of carbonyl (C=O) groups excluding carboxylic acids is 2. The summed E-state index contributed by atoms with van der Waals surface area (Å²) in [5, 5.41) is 3.30. The second-order valence-electron chi connectivity index (χ2n) is 11.9. The highest BCUT2D eigenvalue weighted by atomic mass is 16.2. The number of hydrogen-bond acceptors (Lipinski definition) is 5. The van der Waals surface area contributed by atoms with Gasteiger partial charge in [0, 0.05) is 50.2 Å². The van der Waals surface area contributed by atoms with Gasteiger partial charge in [-0.2, -0.15) is 0 Å². The maximum Gasteiger partial charge on any atom is 0.256 e. The molecule has 1 aromatic rings. The third-order valence-corrected chi connectivity index (χ3v) is 8.50. The fraction of sp³-hybridized carbons (Fsp3) is 0.759. The molecule has 1 aromatic heterocycles. The molecule has 1 aliphatic heterocycles. The molecular formula is C29H47N5O2. The molecule has 200 valence electrons. The fourth-order valence-corrected chi connectivity index (χ4v) is 6.53.